The van der Waals surface area contributed by atoms with Crippen LogP contribution in [0.15, 0.2) is 12.1 Å². The quantitative estimate of drug-likeness (QED) is 0.591. The summed E-state index contributed by atoms with van der Waals surface area (Å²) in [4.78, 5) is 13.7. The number of hydrogen-bond donors (Lipinski definition) is 0. The summed E-state index contributed by atoms with van der Waals surface area (Å²) in [7, 11) is 1.62. The summed E-state index contributed by atoms with van der Waals surface area (Å²) in [6.07, 6.45) is 0.491. The van der Waals surface area contributed by atoms with Gasteiger partial charge in [-0.05, 0) is 20.8 Å². The molecule has 0 spiro atoms. The third-order valence-corrected chi connectivity index (χ3v) is 2.70. The van der Waals surface area contributed by atoms with Crippen LogP contribution >= 0.6 is 0 Å². The zero-order valence-electron chi connectivity index (χ0n) is 11.5. The zero-order chi connectivity index (χ0) is 13.3. The fourth-order valence-electron chi connectivity index (χ4n) is 1.92. The molecular formula is C14H18CuNO3. The molecule has 0 N–H and O–H groups in total. The van der Waals surface area contributed by atoms with Gasteiger partial charge in [-0.25, -0.2) is 4.79 Å². The maximum absolute atomic E-state index is 12.0. The van der Waals surface area contributed by atoms with Crippen molar-refractivity contribution in [3.05, 3.63) is 23.8 Å². The largest absolute Gasteiger partial charge is 1.00 e. The predicted octanol–water partition coefficient (Wildman–Crippen LogP) is 2.79. The predicted molar refractivity (Wildman–Crippen MR) is 69.1 cm³/mol. The molecule has 0 fully saturated rings. The molecule has 4 nitrogen and oxygen atoms in total. The summed E-state index contributed by atoms with van der Waals surface area (Å²) in [5.41, 5.74) is 1.39. The van der Waals surface area contributed by atoms with Crippen LogP contribution in [-0.4, -0.2) is 25.3 Å². The van der Waals surface area contributed by atoms with E-state index in [9.17, 15) is 4.79 Å². The van der Waals surface area contributed by atoms with Gasteiger partial charge in [0.15, 0.2) is 0 Å². The molecule has 0 aliphatic carbocycles. The van der Waals surface area contributed by atoms with E-state index >= 15 is 0 Å². The van der Waals surface area contributed by atoms with Crippen LogP contribution in [-0.2, 0) is 28.2 Å². The van der Waals surface area contributed by atoms with Gasteiger partial charge in [0.25, 0.3) is 0 Å². The smallest absolute Gasteiger partial charge is 0.554 e. The van der Waals surface area contributed by atoms with Crippen LogP contribution in [0.4, 0.5) is 10.5 Å². The first kappa shape index (κ1) is 15.9. The molecule has 0 unspecified atom stereocenters. The molecule has 0 saturated heterocycles. The second-order valence-corrected chi connectivity index (χ2v) is 5.30. The van der Waals surface area contributed by atoms with Gasteiger partial charge in [-0.1, -0.05) is 12.1 Å². The minimum Gasteiger partial charge on any atom is -0.554 e. The Kier molecular flexibility index (Phi) is 4.88. The topological polar surface area (TPSA) is 38.8 Å². The van der Waals surface area contributed by atoms with Gasteiger partial charge in [-0.2, -0.15) is 6.07 Å². The molecule has 1 heterocycles. The molecule has 1 amide bonds. The number of hydrogen-bond acceptors (Lipinski definition) is 3. The van der Waals surface area contributed by atoms with Gasteiger partial charge in [0.05, 0.1) is 7.11 Å². The maximum Gasteiger partial charge on any atom is 1.00 e. The number of amides is 1. The Morgan fingerprint density at radius 3 is 2.68 bits per heavy atom. The molecule has 108 valence electrons. The molecule has 0 saturated carbocycles. The molecule has 2 rings (SSSR count). The van der Waals surface area contributed by atoms with Crippen molar-refractivity contribution in [2.45, 2.75) is 32.8 Å². The Bertz CT molecular complexity index is 468. The molecule has 0 bridgehead atoms. The fourth-order valence-corrected chi connectivity index (χ4v) is 1.92. The molecule has 0 atom stereocenters. The summed E-state index contributed by atoms with van der Waals surface area (Å²) < 4.78 is 10.5. The Labute approximate surface area is 124 Å². The van der Waals surface area contributed by atoms with Crippen molar-refractivity contribution in [2.75, 3.05) is 18.6 Å². The summed E-state index contributed by atoms with van der Waals surface area (Å²) in [5, 5.41) is 0. The van der Waals surface area contributed by atoms with Gasteiger partial charge in [0.1, 0.15) is 5.60 Å². The van der Waals surface area contributed by atoms with Crippen molar-refractivity contribution in [2.24, 2.45) is 0 Å². The molecule has 1 aliphatic heterocycles. The average molecular weight is 312 g/mol. The van der Waals surface area contributed by atoms with E-state index in [0.717, 1.165) is 23.4 Å². The van der Waals surface area contributed by atoms with Crippen LogP contribution < -0.4 is 9.64 Å². The van der Waals surface area contributed by atoms with E-state index < -0.39 is 5.60 Å². The van der Waals surface area contributed by atoms with Gasteiger partial charge in [-0.15, -0.1) is 17.7 Å². The van der Waals surface area contributed by atoms with E-state index in [0.29, 0.717) is 6.54 Å². The summed E-state index contributed by atoms with van der Waals surface area (Å²) in [6, 6.07) is 6.76. The second kappa shape index (κ2) is 5.85. The summed E-state index contributed by atoms with van der Waals surface area (Å²) >= 11 is 0. The second-order valence-electron chi connectivity index (χ2n) is 5.30. The molecular weight excluding hydrogens is 294 g/mol. The maximum atomic E-state index is 12.0. The number of rotatable bonds is 1. The number of ether oxygens (including phenoxy) is 2. The Balaban J connectivity index is 0.00000180. The van der Waals surface area contributed by atoms with E-state index in [-0.39, 0.29) is 23.2 Å². The number of carbonyl (C=O) groups is 1. The van der Waals surface area contributed by atoms with Crippen LogP contribution in [0.25, 0.3) is 0 Å². The first-order valence-corrected chi connectivity index (χ1v) is 6.00. The van der Waals surface area contributed by atoms with Gasteiger partial charge >= 0.3 is 23.2 Å². The van der Waals surface area contributed by atoms with E-state index in [1.807, 2.05) is 26.8 Å². The number of anilines is 1. The van der Waals surface area contributed by atoms with Crippen molar-refractivity contribution in [1.29, 1.82) is 0 Å². The molecule has 5 heteroatoms. The number of nitrogens with zero attached hydrogens (tertiary/aromatic N) is 1. The minimum absolute atomic E-state index is 0. The third-order valence-electron chi connectivity index (χ3n) is 2.70. The van der Waals surface area contributed by atoms with Gasteiger partial charge in [0, 0.05) is 12.3 Å². The standard InChI is InChI=1S/C14H18NO3.Cu/c1-14(2,3)18-13(16)15-8-7-10-9-11(17-4)5-6-12(10)15;/h5,9H,7-8H2,1-4H3;/q-1;+1. The van der Waals surface area contributed by atoms with E-state index in [2.05, 4.69) is 6.07 Å². The SMILES string of the molecule is COc1c[c-]c2c(c1)CCN2C(=O)OC(C)(C)C.[Cu+]. The van der Waals surface area contributed by atoms with E-state index in [1.54, 1.807) is 18.1 Å². The number of carbonyl (C=O) groups excluding carboxylic acids is 1. The van der Waals surface area contributed by atoms with Crippen molar-refractivity contribution < 1.29 is 31.3 Å². The molecule has 1 aromatic rings. The first-order chi connectivity index (χ1) is 8.40. The van der Waals surface area contributed by atoms with Crippen LogP contribution in [0, 0.1) is 6.07 Å². The normalized spacial score (nSPS) is 13.6. The summed E-state index contributed by atoms with van der Waals surface area (Å²) in [6.45, 7) is 6.22. The number of benzene rings is 1. The monoisotopic (exact) mass is 311 g/mol. The average Bonchev–Trinajstić information content (AvgIpc) is 2.69. The number of methoxy groups -OCH3 is 1. The van der Waals surface area contributed by atoms with Crippen LogP contribution in [0.1, 0.15) is 26.3 Å². The first-order valence-electron chi connectivity index (χ1n) is 6.00. The van der Waals surface area contributed by atoms with Crippen molar-refractivity contribution in [3.8, 4) is 5.75 Å². The van der Waals surface area contributed by atoms with Crippen LogP contribution in [0.5, 0.6) is 5.75 Å². The van der Waals surface area contributed by atoms with Gasteiger partial charge in [-0.3, -0.25) is 0 Å². The molecule has 1 aliphatic rings. The van der Waals surface area contributed by atoms with Crippen LogP contribution in [0.3, 0.4) is 0 Å². The summed E-state index contributed by atoms with van der Waals surface area (Å²) in [5.74, 6) is 0.764. The van der Waals surface area contributed by atoms with Crippen LogP contribution in [0.2, 0.25) is 0 Å². The third kappa shape index (κ3) is 3.64. The Hall–Kier alpha value is -1.19. The fraction of sp³-hybridized carbons (Fsp3) is 0.500. The Morgan fingerprint density at radius 1 is 1.42 bits per heavy atom. The minimum atomic E-state index is -0.480. The van der Waals surface area contributed by atoms with Gasteiger partial charge in [0.2, 0.25) is 0 Å². The van der Waals surface area contributed by atoms with Gasteiger partial charge < -0.3 is 14.4 Å². The molecule has 19 heavy (non-hydrogen) atoms. The molecule has 0 radical (unpaired) electrons. The van der Waals surface area contributed by atoms with Crippen molar-refractivity contribution in [1.82, 2.24) is 0 Å². The van der Waals surface area contributed by atoms with Crippen molar-refractivity contribution >= 4 is 11.8 Å². The zero-order valence-corrected chi connectivity index (χ0v) is 12.5. The van der Waals surface area contributed by atoms with E-state index in [4.69, 9.17) is 9.47 Å². The van der Waals surface area contributed by atoms with E-state index in [1.165, 1.54) is 0 Å². The van der Waals surface area contributed by atoms with Crippen molar-refractivity contribution in [3.63, 3.8) is 0 Å². The number of fused-ring (bicyclic) bond motifs is 1. The Morgan fingerprint density at radius 2 is 2.11 bits per heavy atom. The molecule has 1 aromatic carbocycles. The molecule has 0 aromatic heterocycles.